The highest BCUT2D eigenvalue weighted by atomic mass is 127. The molecule has 1 aliphatic heterocycles. The third-order valence-electron chi connectivity index (χ3n) is 4.59. The number of aromatic nitrogens is 1. The number of guanidine groups is 1. The molecule has 0 spiro atoms. The zero-order valence-electron chi connectivity index (χ0n) is 16.1. The fourth-order valence-corrected chi connectivity index (χ4v) is 4.18. The van der Waals surface area contributed by atoms with Crippen molar-refractivity contribution in [3.05, 3.63) is 46.4 Å². The van der Waals surface area contributed by atoms with Crippen LogP contribution in [0.25, 0.3) is 0 Å². The lowest BCUT2D eigenvalue weighted by atomic mass is 10.2. The molecule has 6 nitrogen and oxygen atoms in total. The highest BCUT2D eigenvalue weighted by Gasteiger charge is 2.24. The van der Waals surface area contributed by atoms with Crippen LogP contribution in [-0.2, 0) is 11.3 Å². The Morgan fingerprint density at radius 3 is 2.59 bits per heavy atom. The minimum Gasteiger partial charge on any atom is -0.379 e. The predicted molar refractivity (Wildman–Crippen MR) is 123 cm³/mol. The van der Waals surface area contributed by atoms with E-state index in [0.29, 0.717) is 6.04 Å². The minimum atomic E-state index is 0. The summed E-state index contributed by atoms with van der Waals surface area (Å²) < 4.78 is 7.69. The zero-order chi connectivity index (χ0) is 18.2. The summed E-state index contributed by atoms with van der Waals surface area (Å²) in [5.41, 5.74) is 0. The second-order valence-corrected chi connectivity index (χ2v) is 7.73. The van der Waals surface area contributed by atoms with Gasteiger partial charge >= 0.3 is 0 Å². The Morgan fingerprint density at radius 1 is 1.22 bits per heavy atom. The number of aliphatic imine (C=N–C) groups is 1. The third kappa shape index (κ3) is 6.78. The molecule has 1 saturated heterocycles. The van der Waals surface area contributed by atoms with Gasteiger partial charge in [0.2, 0.25) is 0 Å². The number of hydrogen-bond donors (Lipinski definition) is 2. The Bertz CT molecular complexity index is 682. The Hall–Kier alpha value is -1.10. The van der Waals surface area contributed by atoms with Gasteiger partial charge in [-0.15, -0.1) is 35.3 Å². The summed E-state index contributed by atoms with van der Waals surface area (Å²) in [5.74, 6) is 0.851. The van der Waals surface area contributed by atoms with Gasteiger partial charge in [-0.25, -0.2) is 0 Å². The number of nitrogens with zero attached hydrogens (tertiary/aromatic N) is 3. The van der Waals surface area contributed by atoms with Crippen LogP contribution in [0, 0.1) is 6.92 Å². The van der Waals surface area contributed by atoms with Crippen LogP contribution in [0.2, 0.25) is 0 Å². The van der Waals surface area contributed by atoms with Crippen LogP contribution in [0.3, 0.4) is 0 Å². The molecule has 0 amide bonds. The fourth-order valence-electron chi connectivity index (χ4n) is 3.17. The molecule has 0 bridgehead atoms. The van der Waals surface area contributed by atoms with Crippen LogP contribution in [0.5, 0.6) is 0 Å². The molecule has 0 radical (unpaired) electrons. The normalized spacial score (nSPS) is 16.6. The molecule has 1 fully saturated rings. The van der Waals surface area contributed by atoms with Crippen LogP contribution in [-0.4, -0.2) is 61.9 Å². The molecule has 1 unspecified atom stereocenters. The van der Waals surface area contributed by atoms with E-state index in [1.165, 1.54) is 9.75 Å². The summed E-state index contributed by atoms with van der Waals surface area (Å²) in [6.45, 7) is 8.34. The second kappa shape index (κ2) is 11.7. The molecular weight excluding hydrogens is 473 g/mol. The van der Waals surface area contributed by atoms with Gasteiger partial charge in [0.05, 0.1) is 19.3 Å². The standard InChI is InChI=1S/C19H29N5OS.HI/c1-16-5-6-18(26-16)17(24-11-13-25-14-12-24)15-22-19(20-2)21-7-10-23-8-3-4-9-23;/h3-6,8-9,17H,7,10-15H2,1-2H3,(H2,20,21,22);1H. The van der Waals surface area contributed by atoms with E-state index >= 15 is 0 Å². The summed E-state index contributed by atoms with van der Waals surface area (Å²) in [7, 11) is 1.82. The first-order valence-electron chi connectivity index (χ1n) is 9.19. The van der Waals surface area contributed by atoms with E-state index in [9.17, 15) is 0 Å². The first kappa shape index (κ1) is 22.2. The Morgan fingerprint density at radius 2 is 1.96 bits per heavy atom. The van der Waals surface area contributed by atoms with Crippen LogP contribution < -0.4 is 10.6 Å². The van der Waals surface area contributed by atoms with Crippen molar-refractivity contribution in [2.24, 2.45) is 4.99 Å². The predicted octanol–water partition coefficient (Wildman–Crippen LogP) is 2.71. The quantitative estimate of drug-likeness (QED) is 0.347. The van der Waals surface area contributed by atoms with Crippen molar-refractivity contribution in [1.29, 1.82) is 0 Å². The van der Waals surface area contributed by atoms with Crippen molar-refractivity contribution in [3.63, 3.8) is 0 Å². The molecule has 150 valence electrons. The molecule has 2 N–H and O–H groups in total. The molecule has 0 aliphatic carbocycles. The summed E-state index contributed by atoms with van der Waals surface area (Å²) in [6.07, 6.45) is 4.15. The van der Waals surface area contributed by atoms with Gasteiger partial charge in [-0.05, 0) is 31.2 Å². The number of ether oxygens (including phenoxy) is 1. The maximum Gasteiger partial charge on any atom is 0.191 e. The van der Waals surface area contributed by atoms with Crippen LogP contribution in [0.15, 0.2) is 41.7 Å². The molecule has 3 heterocycles. The lowest BCUT2D eigenvalue weighted by Crippen LogP contribution is -2.46. The molecule has 0 saturated carbocycles. The maximum absolute atomic E-state index is 5.53. The fraction of sp³-hybridized carbons (Fsp3) is 0.526. The van der Waals surface area contributed by atoms with E-state index in [-0.39, 0.29) is 24.0 Å². The minimum absolute atomic E-state index is 0. The lowest BCUT2D eigenvalue weighted by Gasteiger charge is -2.34. The first-order chi connectivity index (χ1) is 12.8. The van der Waals surface area contributed by atoms with E-state index in [0.717, 1.165) is 51.9 Å². The van der Waals surface area contributed by atoms with Gasteiger partial charge in [-0.3, -0.25) is 9.89 Å². The molecule has 1 aliphatic rings. The van der Waals surface area contributed by atoms with Crippen molar-refractivity contribution in [1.82, 2.24) is 20.1 Å². The average molecular weight is 503 g/mol. The summed E-state index contributed by atoms with van der Waals surface area (Å²) in [6, 6.07) is 8.90. The molecule has 2 aromatic heterocycles. The number of hydrogen-bond acceptors (Lipinski definition) is 4. The number of nitrogens with one attached hydrogen (secondary N) is 2. The SMILES string of the molecule is CN=C(NCCn1cccc1)NCC(c1ccc(C)s1)N1CCOCC1.I. The van der Waals surface area contributed by atoms with Crippen molar-refractivity contribution in [3.8, 4) is 0 Å². The van der Waals surface area contributed by atoms with Crippen LogP contribution in [0.1, 0.15) is 15.8 Å². The summed E-state index contributed by atoms with van der Waals surface area (Å²) in [5, 5.41) is 6.91. The summed E-state index contributed by atoms with van der Waals surface area (Å²) >= 11 is 1.88. The van der Waals surface area contributed by atoms with E-state index in [1.54, 1.807) is 0 Å². The smallest absolute Gasteiger partial charge is 0.191 e. The number of aryl methyl sites for hydroxylation is 1. The van der Waals surface area contributed by atoms with E-state index < -0.39 is 0 Å². The van der Waals surface area contributed by atoms with Gasteiger partial charge in [-0.1, -0.05) is 0 Å². The maximum atomic E-state index is 5.53. The molecule has 27 heavy (non-hydrogen) atoms. The number of thiophene rings is 1. The van der Waals surface area contributed by atoms with Crippen LogP contribution >= 0.6 is 35.3 Å². The number of halogens is 1. The van der Waals surface area contributed by atoms with Crippen molar-refractivity contribution in [2.75, 3.05) is 46.4 Å². The average Bonchev–Trinajstić information content (AvgIpc) is 3.33. The highest BCUT2D eigenvalue weighted by Crippen LogP contribution is 2.27. The Balaban J connectivity index is 0.00000261. The van der Waals surface area contributed by atoms with Gasteiger partial charge < -0.3 is 19.9 Å². The zero-order valence-corrected chi connectivity index (χ0v) is 19.2. The highest BCUT2D eigenvalue weighted by molar-refractivity contribution is 14.0. The molecule has 0 aromatic carbocycles. The largest absolute Gasteiger partial charge is 0.379 e. The second-order valence-electron chi connectivity index (χ2n) is 6.41. The van der Waals surface area contributed by atoms with Crippen molar-refractivity contribution in [2.45, 2.75) is 19.5 Å². The number of rotatable bonds is 7. The van der Waals surface area contributed by atoms with E-state index in [1.807, 2.05) is 30.5 Å². The Kier molecular flexibility index (Phi) is 9.60. The lowest BCUT2D eigenvalue weighted by molar-refractivity contribution is 0.0177. The van der Waals surface area contributed by atoms with Gasteiger partial charge in [-0.2, -0.15) is 0 Å². The molecule has 1 atom stereocenters. The topological polar surface area (TPSA) is 53.8 Å². The van der Waals surface area contributed by atoms with Gasteiger partial charge in [0.25, 0.3) is 0 Å². The molecule has 3 rings (SSSR count). The van der Waals surface area contributed by atoms with E-state index in [2.05, 4.69) is 56.5 Å². The third-order valence-corrected chi connectivity index (χ3v) is 5.69. The summed E-state index contributed by atoms with van der Waals surface area (Å²) in [4.78, 5) is 9.63. The first-order valence-corrected chi connectivity index (χ1v) is 10.0. The molecular formula is C19H30IN5OS. The van der Waals surface area contributed by atoms with Gasteiger partial charge in [0.15, 0.2) is 5.96 Å². The van der Waals surface area contributed by atoms with Crippen LogP contribution in [0.4, 0.5) is 0 Å². The molecule has 2 aromatic rings. The number of morpholine rings is 1. The van der Waals surface area contributed by atoms with Gasteiger partial charge in [0.1, 0.15) is 0 Å². The monoisotopic (exact) mass is 503 g/mol. The molecule has 8 heteroatoms. The van der Waals surface area contributed by atoms with Crippen molar-refractivity contribution < 1.29 is 4.74 Å². The van der Waals surface area contributed by atoms with Crippen molar-refractivity contribution >= 4 is 41.3 Å². The Labute approximate surface area is 183 Å². The van der Waals surface area contributed by atoms with E-state index in [4.69, 9.17) is 4.74 Å². The van der Waals surface area contributed by atoms with Gasteiger partial charge in [0, 0.05) is 61.9 Å².